The third-order valence-corrected chi connectivity index (χ3v) is 2.08. The van der Waals surface area contributed by atoms with Crippen LogP contribution in [0.5, 0.6) is 0 Å². The average Bonchev–Trinajstić information content (AvgIpc) is 1.98. The van der Waals surface area contributed by atoms with Crippen molar-refractivity contribution in [1.29, 1.82) is 0 Å². The Morgan fingerprint density at radius 1 is 1.82 bits per heavy atom. The van der Waals surface area contributed by atoms with Crippen LogP contribution in [0.25, 0.3) is 0 Å². The Bertz CT molecular complexity index is 168. The maximum absolute atomic E-state index is 10.5. The van der Waals surface area contributed by atoms with E-state index in [0.717, 1.165) is 0 Å². The van der Waals surface area contributed by atoms with Crippen molar-refractivity contribution in [1.82, 2.24) is 0 Å². The molecule has 1 N–H and O–H groups in total. The second-order valence-corrected chi connectivity index (χ2v) is 2.76. The molecule has 1 heterocycles. The normalized spacial score (nSPS) is 37.7. The first-order valence-electron chi connectivity index (χ1n) is 3.64. The highest BCUT2D eigenvalue weighted by Crippen LogP contribution is 2.23. The largest absolute Gasteiger partial charge is 0.508 e. The number of hydrogen-bond donors (Lipinski definition) is 1. The molecule has 4 nitrogen and oxygen atoms in total. The fourth-order valence-electron chi connectivity index (χ4n) is 0.979. The van der Waals surface area contributed by atoms with E-state index in [2.05, 4.69) is 9.47 Å². The second kappa shape index (κ2) is 2.70. The number of cyclic esters (lactones) is 2. The van der Waals surface area contributed by atoms with Gasteiger partial charge in [0.15, 0.2) is 0 Å². The molecule has 11 heavy (non-hydrogen) atoms. The molecule has 1 aliphatic heterocycles. The average molecular weight is 160 g/mol. The van der Waals surface area contributed by atoms with Gasteiger partial charge in [0.1, 0.15) is 18.3 Å². The zero-order chi connectivity index (χ0) is 8.48. The van der Waals surface area contributed by atoms with Crippen LogP contribution in [0.15, 0.2) is 0 Å². The summed E-state index contributed by atoms with van der Waals surface area (Å²) in [7, 11) is 0. The molecule has 0 bridgehead atoms. The van der Waals surface area contributed by atoms with E-state index in [1.165, 1.54) is 0 Å². The zero-order valence-electron chi connectivity index (χ0n) is 6.66. The summed E-state index contributed by atoms with van der Waals surface area (Å²) in [6.45, 7) is 3.51. The molecule has 0 aromatic carbocycles. The highest BCUT2D eigenvalue weighted by molar-refractivity contribution is 5.61. The van der Waals surface area contributed by atoms with Crippen LogP contribution < -0.4 is 0 Å². The van der Waals surface area contributed by atoms with E-state index in [0.29, 0.717) is 6.42 Å². The SMILES string of the molecule is CCC1(O)COC(=O)OC1C. The monoisotopic (exact) mass is 160 g/mol. The maximum atomic E-state index is 10.5. The summed E-state index contributed by atoms with van der Waals surface area (Å²) in [4.78, 5) is 10.5. The molecule has 1 aliphatic rings. The van der Waals surface area contributed by atoms with Crippen LogP contribution >= 0.6 is 0 Å². The summed E-state index contributed by atoms with van der Waals surface area (Å²) in [5.41, 5.74) is -1.01. The summed E-state index contributed by atoms with van der Waals surface area (Å²) in [5, 5.41) is 9.66. The van der Waals surface area contributed by atoms with Gasteiger partial charge in [0, 0.05) is 0 Å². The van der Waals surface area contributed by atoms with E-state index in [9.17, 15) is 9.90 Å². The minimum Gasteiger partial charge on any atom is -0.431 e. The fourth-order valence-corrected chi connectivity index (χ4v) is 0.979. The molecule has 0 aromatic heterocycles. The van der Waals surface area contributed by atoms with Gasteiger partial charge in [-0.05, 0) is 13.3 Å². The van der Waals surface area contributed by atoms with Gasteiger partial charge in [-0.25, -0.2) is 4.79 Å². The van der Waals surface area contributed by atoms with Crippen molar-refractivity contribution in [3.63, 3.8) is 0 Å². The number of carbonyl (C=O) groups is 1. The molecule has 0 amide bonds. The molecule has 64 valence electrons. The van der Waals surface area contributed by atoms with Crippen LogP contribution in [0, 0.1) is 0 Å². The van der Waals surface area contributed by atoms with Crippen molar-refractivity contribution in [2.75, 3.05) is 6.61 Å². The Morgan fingerprint density at radius 2 is 2.45 bits per heavy atom. The molecule has 0 aromatic rings. The zero-order valence-corrected chi connectivity index (χ0v) is 6.66. The molecule has 1 rings (SSSR count). The molecule has 0 aliphatic carbocycles. The second-order valence-electron chi connectivity index (χ2n) is 2.76. The first kappa shape index (κ1) is 8.33. The smallest absolute Gasteiger partial charge is 0.431 e. The van der Waals surface area contributed by atoms with Gasteiger partial charge in [-0.15, -0.1) is 0 Å². The van der Waals surface area contributed by atoms with Crippen molar-refractivity contribution >= 4 is 6.16 Å². The van der Waals surface area contributed by atoms with Crippen LogP contribution in [0.2, 0.25) is 0 Å². The van der Waals surface area contributed by atoms with Gasteiger partial charge in [0.25, 0.3) is 0 Å². The van der Waals surface area contributed by atoms with E-state index in [1.54, 1.807) is 6.92 Å². The molecule has 2 unspecified atom stereocenters. The van der Waals surface area contributed by atoms with Crippen LogP contribution in [-0.4, -0.2) is 29.6 Å². The van der Waals surface area contributed by atoms with Gasteiger partial charge in [-0.3, -0.25) is 0 Å². The summed E-state index contributed by atoms with van der Waals surface area (Å²) in [5.74, 6) is 0. The first-order chi connectivity index (χ1) is 5.08. The number of hydrogen-bond acceptors (Lipinski definition) is 4. The van der Waals surface area contributed by atoms with E-state index >= 15 is 0 Å². The molecular weight excluding hydrogens is 148 g/mol. The Hall–Kier alpha value is -0.770. The number of rotatable bonds is 1. The lowest BCUT2D eigenvalue weighted by atomic mass is 9.95. The predicted octanol–water partition coefficient (Wildman–Crippen LogP) is 0.683. The van der Waals surface area contributed by atoms with Gasteiger partial charge in [-0.1, -0.05) is 6.92 Å². The van der Waals surface area contributed by atoms with E-state index in [4.69, 9.17) is 0 Å². The molecule has 0 radical (unpaired) electrons. The topological polar surface area (TPSA) is 55.8 Å². The third kappa shape index (κ3) is 1.45. The van der Waals surface area contributed by atoms with E-state index < -0.39 is 17.9 Å². The number of ether oxygens (including phenoxy) is 2. The summed E-state index contributed by atoms with van der Waals surface area (Å²) in [6, 6.07) is 0. The quantitative estimate of drug-likeness (QED) is 0.573. The lowest BCUT2D eigenvalue weighted by Gasteiger charge is -2.35. The minimum atomic E-state index is -1.01. The van der Waals surface area contributed by atoms with Crippen LogP contribution in [0.1, 0.15) is 20.3 Å². The van der Waals surface area contributed by atoms with Crippen molar-refractivity contribution < 1.29 is 19.4 Å². The van der Waals surface area contributed by atoms with Crippen molar-refractivity contribution in [3.05, 3.63) is 0 Å². The van der Waals surface area contributed by atoms with E-state index in [1.807, 2.05) is 6.92 Å². The number of carbonyl (C=O) groups excluding carboxylic acids is 1. The third-order valence-electron chi connectivity index (χ3n) is 2.08. The molecule has 4 heteroatoms. The summed E-state index contributed by atoms with van der Waals surface area (Å²) in [6.07, 6.45) is -0.661. The molecular formula is C7H12O4. The molecule has 0 saturated carbocycles. The number of aliphatic hydroxyl groups is 1. The predicted molar refractivity (Wildman–Crippen MR) is 37.1 cm³/mol. The van der Waals surface area contributed by atoms with Crippen LogP contribution in [-0.2, 0) is 9.47 Å². The Morgan fingerprint density at radius 3 is 2.91 bits per heavy atom. The highest BCUT2D eigenvalue weighted by atomic mass is 16.7. The van der Waals surface area contributed by atoms with Gasteiger partial charge in [-0.2, -0.15) is 0 Å². The van der Waals surface area contributed by atoms with Crippen LogP contribution in [0.4, 0.5) is 4.79 Å². The standard InChI is InChI=1S/C7H12O4/c1-3-7(9)4-10-6(8)11-5(7)2/h5,9H,3-4H2,1-2H3. The van der Waals surface area contributed by atoms with Gasteiger partial charge >= 0.3 is 6.16 Å². The first-order valence-corrected chi connectivity index (χ1v) is 3.64. The summed E-state index contributed by atoms with van der Waals surface area (Å²) >= 11 is 0. The maximum Gasteiger partial charge on any atom is 0.508 e. The molecule has 1 fully saturated rings. The van der Waals surface area contributed by atoms with Crippen molar-refractivity contribution in [2.45, 2.75) is 32.0 Å². The lowest BCUT2D eigenvalue weighted by Crippen LogP contribution is -2.51. The summed E-state index contributed by atoms with van der Waals surface area (Å²) < 4.78 is 9.23. The molecule has 2 atom stereocenters. The van der Waals surface area contributed by atoms with Gasteiger partial charge in [0.2, 0.25) is 0 Å². The van der Waals surface area contributed by atoms with Gasteiger partial charge < -0.3 is 14.6 Å². The molecule has 0 spiro atoms. The fraction of sp³-hybridized carbons (Fsp3) is 0.857. The van der Waals surface area contributed by atoms with Gasteiger partial charge in [0.05, 0.1) is 0 Å². The minimum absolute atomic E-state index is 0.0312. The van der Waals surface area contributed by atoms with Crippen molar-refractivity contribution in [2.24, 2.45) is 0 Å². The Labute approximate surface area is 65.1 Å². The van der Waals surface area contributed by atoms with Crippen LogP contribution in [0.3, 0.4) is 0 Å². The van der Waals surface area contributed by atoms with E-state index in [-0.39, 0.29) is 6.61 Å². The highest BCUT2D eigenvalue weighted by Gasteiger charge is 2.40. The Kier molecular flexibility index (Phi) is 2.04. The molecule has 1 saturated heterocycles. The van der Waals surface area contributed by atoms with Crippen molar-refractivity contribution in [3.8, 4) is 0 Å². The lowest BCUT2D eigenvalue weighted by molar-refractivity contribution is -0.157. The Balaban J connectivity index is 2.63.